The quantitative estimate of drug-likeness (QED) is 0.768. The van der Waals surface area contributed by atoms with E-state index in [1.54, 1.807) is 0 Å². The van der Waals surface area contributed by atoms with E-state index in [0.717, 1.165) is 23.6 Å². The second-order valence-corrected chi connectivity index (χ2v) is 4.88. The largest absolute Gasteiger partial charge is 0.430 e. The number of benzene rings is 1. The minimum atomic E-state index is 0.371. The van der Waals surface area contributed by atoms with Crippen LogP contribution in [0, 0.1) is 0 Å². The molecule has 0 fully saturated rings. The lowest BCUT2D eigenvalue weighted by atomic mass is 10.1. The van der Waals surface area contributed by atoms with E-state index in [1.807, 2.05) is 12.1 Å². The summed E-state index contributed by atoms with van der Waals surface area (Å²) >= 11 is 7.02. The van der Waals surface area contributed by atoms with Gasteiger partial charge in [-0.3, -0.25) is 0 Å². The van der Waals surface area contributed by atoms with Gasteiger partial charge in [0.05, 0.1) is 5.88 Å². The standard InChI is InChI=1S/C12H13ClN2OS/c1-2-3-9-4-6-10(7-5-9)16-12-15-14-11(8-13)17-12/h4-7H,2-3,8H2,1H3. The number of aromatic nitrogens is 2. The lowest BCUT2D eigenvalue weighted by Crippen LogP contribution is -1.86. The van der Waals surface area contributed by atoms with E-state index in [2.05, 4.69) is 29.3 Å². The van der Waals surface area contributed by atoms with Crippen LogP contribution in [0.3, 0.4) is 0 Å². The summed E-state index contributed by atoms with van der Waals surface area (Å²) < 4.78 is 5.58. The first-order valence-electron chi connectivity index (χ1n) is 5.47. The maximum atomic E-state index is 5.65. The lowest BCUT2D eigenvalue weighted by molar-refractivity contribution is 0.473. The molecule has 3 nitrogen and oxygen atoms in total. The van der Waals surface area contributed by atoms with E-state index in [1.165, 1.54) is 16.9 Å². The molecule has 0 aliphatic rings. The number of alkyl halides is 1. The van der Waals surface area contributed by atoms with Gasteiger partial charge >= 0.3 is 0 Å². The lowest BCUT2D eigenvalue weighted by Gasteiger charge is -2.02. The van der Waals surface area contributed by atoms with Crippen LogP contribution in [0.1, 0.15) is 23.9 Å². The molecule has 1 aromatic carbocycles. The average molecular weight is 269 g/mol. The first kappa shape index (κ1) is 12.3. The fourth-order valence-corrected chi connectivity index (χ4v) is 2.22. The summed E-state index contributed by atoms with van der Waals surface area (Å²) in [7, 11) is 0. The Hall–Kier alpha value is -1.13. The molecule has 0 atom stereocenters. The molecular weight excluding hydrogens is 256 g/mol. The topological polar surface area (TPSA) is 35.0 Å². The molecule has 17 heavy (non-hydrogen) atoms. The Kier molecular flexibility index (Phi) is 4.34. The van der Waals surface area contributed by atoms with Crippen molar-refractivity contribution >= 4 is 22.9 Å². The highest BCUT2D eigenvalue weighted by Gasteiger charge is 2.05. The minimum Gasteiger partial charge on any atom is -0.430 e. The van der Waals surface area contributed by atoms with Crippen molar-refractivity contribution < 1.29 is 4.74 Å². The maximum Gasteiger partial charge on any atom is 0.299 e. The van der Waals surface area contributed by atoms with Crippen molar-refractivity contribution in [2.75, 3.05) is 0 Å². The Bertz CT molecular complexity index is 470. The highest BCUT2D eigenvalue weighted by Crippen LogP contribution is 2.25. The summed E-state index contributed by atoms with van der Waals surface area (Å²) in [5, 5.41) is 9.09. The molecule has 90 valence electrons. The molecule has 1 aromatic heterocycles. The van der Waals surface area contributed by atoms with Gasteiger partial charge in [0, 0.05) is 0 Å². The Morgan fingerprint density at radius 1 is 1.24 bits per heavy atom. The molecule has 0 saturated carbocycles. The van der Waals surface area contributed by atoms with E-state index in [0.29, 0.717) is 11.1 Å². The zero-order valence-corrected chi connectivity index (χ0v) is 11.1. The third kappa shape index (κ3) is 3.41. The summed E-state index contributed by atoms with van der Waals surface area (Å²) in [6, 6.07) is 8.05. The van der Waals surface area contributed by atoms with Crippen molar-refractivity contribution in [3.05, 3.63) is 34.8 Å². The number of hydrogen-bond acceptors (Lipinski definition) is 4. The fraction of sp³-hybridized carbons (Fsp3) is 0.333. The summed E-state index contributed by atoms with van der Waals surface area (Å²) in [6.45, 7) is 2.17. The van der Waals surface area contributed by atoms with E-state index in [-0.39, 0.29) is 0 Å². The minimum absolute atomic E-state index is 0.371. The number of rotatable bonds is 5. The van der Waals surface area contributed by atoms with Crippen LogP contribution in [0.4, 0.5) is 0 Å². The average Bonchev–Trinajstić information content (AvgIpc) is 2.80. The van der Waals surface area contributed by atoms with Gasteiger partial charge in [0.1, 0.15) is 10.8 Å². The molecule has 0 radical (unpaired) electrons. The van der Waals surface area contributed by atoms with Gasteiger partial charge in [-0.1, -0.05) is 41.9 Å². The third-order valence-corrected chi connectivity index (χ3v) is 3.44. The van der Waals surface area contributed by atoms with Crippen molar-refractivity contribution in [1.82, 2.24) is 10.2 Å². The van der Waals surface area contributed by atoms with Crippen LogP contribution < -0.4 is 4.74 Å². The SMILES string of the molecule is CCCc1ccc(Oc2nnc(CCl)s2)cc1. The second kappa shape index (κ2) is 5.98. The molecule has 0 amide bonds. The Labute approximate surface area is 109 Å². The van der Waals surface area contributed by atoms with Crippen molar-refractivity contribution in [2.45, 2.75) is 25.6 Å². The highest BCUT2D eigenvalue weighted by atomic mass is 35.5. The third-order valence-electron chi connectivity index (χ3n) is 2.23. The van der Waals surface area contributed by atoms with Crippen molar-refractivity contribution in [2.24, 2.45) is 0 Å². The Morgan fingerprint density at radius 3 is 2.59 bits per heavy atom. The summed E-state index contributed by atoms with van der Waals surface area (Å²) in [4.78, 5) is 0. The van der Waals surface area contributed by atoms with E-state index >= 15 is 0 Å². The van der Waals surface area contributed by atoms with Gasteiger partial charge in [-0.2, -0.15) is 0 Å². The molecule has 0 spiro atoms. The zero-order valence-electron chi connectivity index (χ0n) is 9.52. The van der Waals surface area contributed by atoms with Gasteiger partial charge in [-0.05, 0) is 24.1 Å². The van der Waals surface area contributed by atoms with E-state index < -0.39 is 0 Å². The number of ether oxygens (including phenoxy) is 1. The number of aryl methyl sites for hydroxylation is 1. The van der Waals surface area contributed by atoms with Crippen molar-refractivity contribution in [1.29, 1.82) is 0 Å². The van der Waals surface area contributed by atoms with Crippen LogP contribution in [-0.2, 0) is 12.3 Å². The number of halogens is 1. The van der Waals surface area contributed by atoms with Crippen LogP contribution in [0.5, 0.6) is 10.9 Å². The highest BCUT2D eigenvalue weighted by molar-refractivity contribution is 7.13. The molecule has 2 aromatic rings. The predicted molar refractivity (Wildman–Crippen MR) is 70.0 cm³/mol. The first-order valence-corrected chi connectivity index (χ1v) is 6.82. The molecule has 0 bridgehead atoms. The first-order chi connectivity index (χ1) is 8.31. The van der Waals surface area contributed by atoms with Crippen LogP contribution in [-0.4, -0.2) is 10.2 Å². The van der Waals surface area contributed by atoms with Crippen molar-refractivity contribution in [3.63, 3.8) is 0 Å². The van der Waals surface area contributed by atoms with Crippen LogP contribution in [0.2, 0.25) is 0 Å². The summed E-state index contributed by atoms with van der Waals surface area (Å²) in [5.74, 6) is 1.15. The van der Waals surface area contributed by atoms with Crippen LogP contribution >= 0.6 is 22.9 Å². The molecule has 5 heteroatoms. The van der Waals surface area contributed by atoms with Gasteiger partial charge in [-0.25, -0.2) is 0 Å². The fourth-order valence-electron chi connectivity index (χ4n) is 1.45. The number of hydrogen-bond donors (Lipinski definition) is 0. The molecule has 0 N–H and O–H groups in total. The van der Waals surface area contributed by atoms with Crippen molar-refractivity contribution in [3.8, 4) is 10.9 Å². The molecule has 2 rings (SSSR count). The normalized spacial score (nSPS) is 10.5. The number of nitrogens with zero attached hydrogens (tertiary/aromatic N) is 2. The molecular formula is C12H13ClN2OS. The Morgan fingerprint density at radius 2 is 2.00 bits per heavy atom. The second-order valence-electron chi connectivity index (χ2n) is 3.59. The molecule has 0 unspecified atom stereocenters. The van der Waals surface area contributed by atoms with Crippen LogP contribution in [0.15, 0.2) is 24.3 Å². The maximum absolute atomic E-state index is 5.65. The van der Waals surface area contributed by atoms with Gasteiger partial charge in [0.25, 0.3) is 5.19 Å². The smallest absolute Gasteiger partial charge is 0.299 e. The monoisotopic (exact) mass is 268 g/mol. The summed E-state index contributed by atoms with van der Waals surface area (Å²) in [5.41, 5.74) is 1.32. The van der Waals surface area contributed by atoms with E-state index in [4.69, 9.17) is 16.3 Å². The summed E-state index contributed by atoms with van der Waals surface area (Å²) in [6.07, 6.45) is 2.24. The van der Waals surface area contributed by atoms with Crippen LogP contribution in [0.25, 0.3) is 0 Å². The molecule has 1 heterocycles. The van der Waals surface area contributed by atoms with Gasteiger partial charge in [0.2, 0.25) is 0 Å². The van der Waals surface area contributed by atoms with Gasteiger partial charge < -0.3 is 4.74 Å². The zero-order chi connectivity index (χ0) is 12.1. The van der Waals surface area contributed by atoms with Gasteiger partial charge in [-0.15, -0.1) is 16.7 Å². The predicted octanol–water partition coefficient (Wildman–Crippen LogP) is 4.02. The molecule has 0 saturated heterocycles. The Balaban J connectivity index is 2.03. The molecule has 0 aliphatic heterocycles. The van der Waals surface area contributed by atoms with Gasteiger partial charge in [0.15, 0.2) is 0 Å². The molecule has 0 aliphatic carbocycles. The van der Waals surface area contributed by atoms with E-state index in [9.17, 15) is 0 Å².